The van der Waals surface area contributed by atoms with Gasteiger partial charge >= 0.3 is 0 Å². The molecule has 120 valence electrons. The summed E-state index contributed by atoms with van der Waals surface area (Å²) in [6, 6.07) is 8.79. The predicted octanol–water partition coefficient (Wildman–Crippen LogP) is 2.82. The molecule has 1 amide bonds. The van der Waals surface area contributed by atoms with Crippen molar-refractivity contribution in [3.8, 4) is 0 Å². The fourth-order valence-electron chi connectivity index (χ4n) is 4.15. The Bertz CT molecular complexity index is 757. The number of amides is 1. The fourth-order valence-corrected chi connectivity index (χ4v) is 4.15. The topological polar surface area (TPSA) is 45.2 Å². The van der Waals surface area contributed by atoms with Crippen LogP contribution >= 0.6 is 0 Å². The summed E-state index contributed by atoms with van der Waals surface area (Å²) < 4.78 is 0. The van der Waals surface area contributed by atoms with Gasteiger partial charge in [-0.15, -0.1) is 0 Å². The maximum Gasteiger partial charge on any atom is 0.255 e. The lowest BCUT2D eigenvalue weighted by Gasteiger charge is -2.28. The lowest BCUT2D eigenvalue weighted by atomic mass is 10.0. The van der Waals surface area contributed by atoms with E-state index in [1.165, 1.54) is 0 Å². The summed E-state index contributed by atoms with van der Waals surface area (Å²) in [6.07, 6.45) is 3.31. The lowest BCUT2D eigenvalue weighted by Crippen LogP contribution is -2.42. The number of nitrogens with zero attached hydrogens (tertiary/aromatic N) is 2. The van der Waals surface area contributed by atoms with Crippen LogP contribution in [0.4, 0.5) is 0 Å². The second kappa shape index (κ2) is 5.60. The molecule has 23 heavy (non-hydrogen) atoms. The highest BCUT2D eigenvalue weighted by Gasteiger charge is 2.38. The second-order valence-electron chi connectivity index (χ2n) is 6.87. The van der Waals surface area contributed by atoms with Gasteiger partial charge in [-0.1, -0.05) is 18.2 Å². The van der Waals surface area contributed by atoms with Crippen molar-refractivity contribution in [1.82, 2.24) is 15.2 Å². The van der Waals surface area contributed by atoms with Gasteiger partial charge in [0.05, 0.1) is 11.1 Å². The molecule has 2 bridgehead atoms. The molecule has 1 aromatic heterocycles. The summed E-state index contributed by atoms with van der Waals surface area (Å²) in [4.78, 5) is 20.2. The molecule has 0 saturated carbocycles. The fraction of sp³-hybridized carbons (Fsp3) is 0.474. The zero-order valence-electron chi connectivity index (χ0n) is 13.8. The summed E-state index contributed by atoms with van der Waals surface area (Å²) in [5.74, 6) is 0.183. The van der Waals surface area contributed by atoms with Crippen LogP contribution in [-0.2, 0) is 0 Å². The van der Waals surface area contributed by atoms with Gasteiger partial charge < -0.3 is 10.2 Å². The van der Waals surface area contributed by atoms with E-state index in [-0.39, 0.29) is 5.91 Å². The van der Waals surface area contributed by atoms with E-state index in [1.54, 1.807) is 0 Å². The number of carbonyl (C=O) groups is 1. The molecule has 4 rings (SSSR count). The zero-order valence-corrected chi connectivity index (χ0v) is 13.8. The molecule has 0 unspecified atom stereocenters. The van der Waals surface area contributed by atoms with Gasteiger partial charge in [-0.2, -0.15) is 0 Å². The Morgan fingerprint density at radius 2 is 2.04 bits per heavy atom. The molecule has 1 aromatic carbocycles. The molecular formula is C19H23N3O. The predicted molar refractivity (Wildman–Crippen MR) is 91.7 cm³/mol. The molecule has 2 aliphatic heterocycles. The Hall–Kier alpha value is -1.94. The summed E-state index contributed by atoms with van der Waals surface area (Å²) >= 11 is 0. The molecule has 0 radical (unpaired) electrons. The Balaban J connectivity index is 1.82. The monoisotopic (exact) mass is 309 g/mol. The van der Waals surface area contributed by atoms with E-state index in [4.69, 9.17) is 0 Å². The zero-order chi connectivity index (χ0) is 16.0. The van der Waals surface area contributed by atoms with Gasteiger partial charge in [-0.25, -0.2) is 0 Å². The van der Waals surface area contributed by atoms with Crippen LogP contribution < -0.4 is 5.32 Å². The number of fused-ring (bicyclic) bond motifs is 3. The molecule has 2 aromatic rings. The molecule has 2 saturated heterocycles. The van der Waals surface area contributed by atoms with Crippen molar-refractivity contribution in [2.24, 2.45) is 0 Å². The van der Waals surface area contributed by atoms with E-state index >= 15 is 0 Å². The van der Waals surface area contributed by atoms with Crippen molar-refractivity contribution in [1.29, 1.82) is 0 Å². The van der Waals surface area contributed by atoms with Gasteiger partial charge in [0, 0.05) is 29.7 Å². The van der Waals surface area contributed by atoms with E-state index in [2.05, 4.69) is 28.2 Å². The minimum atomic E-state index is 0.183. The number of aryl methyl sites for hydroxylation is 2. The van der Waals surface area contributed by atoms with Gasteiger partial charge in [0.25, 0.3) is 5.91 Å². The number of nitrogens with one attached hydrogen (secondary N) is 1. The van der Waals surface area contributed by atoms with Crippen LogP contribution in [0.2, 0.25) is 0 Å². The molecule has 0 aliphatic carbocycles. The van der Waals surface area contributed by atoms with Crippen molar-refractivity contribution < 1.29 is 4.79 Å². The number of benzene rings is 1. The van der Waals surface area contributed by atoms with E-state index in [9.17, 15) is 4.79 Å². The van der Waals surface area contributed by atoms with Crippen molar-refractivity contribution in [2.45, 2.75) is 45.2 Å². The molecule has 4 heteroatoms. The highest BCUT2D eigenvalue weighted by atomic mass is 16.2. The molecular weight excluding hydrogens is 286 g/mol. The van der Waals surface area contributed by atoms with E-state index in [1.807, 2.05) is 25.1 Å². The van der Waals surface area contributed by atoms with Crippen LogP contribution in [0.25, 0.3) is 10.9 Å². The maximum absolute atomic E-state index is 13.4. The van der Waals surface area contributed by atoms with Crippen LogP contribution in [0.3, 0.4) is 0 Å². The SMILES string of the molecule is Cc1cc(C(=O)N2[C@@H]3CCNC[C@H]2CC3)c2cccc(C)c2n1. The third kappa shape index (κ3) is 2.41. The summed E-state index contributed by atoms with van der Waals surface area (Å²) in [5.41, 5.74) is 3.81. The molecule has 2 atom stereocenters. The van der Waals surface area contributed by atoms with Crippen LogP contribution in [-0.4, -0.2) is 41.0 Å². The number of hydrogen-bond donors (Lipinski definition) is 1. The lowest BCUT2D eigenvalue weighted by molar-refractivity contribution is 0.0682. The first-order valence-electron chi connectivity index (χ1n) is 8.55. The van der Waals surface area contributed by atoms with Crippen molar-refractivity contribution in [3.63, 3.8) is 0 Å². The first-order chi connectivity index (χ1) is 11.1. The minimum absolute atomic E-state index is 0.183. The number of pyridine rings is 1. The highest BCUT2D eigenvalue weighted by Crippen LogP contribution is 2.31. The Morgan fingerprint density at radius 1 is 1.22 bits per heavy atom. The van der Waals surface area contributed by atoms with Gasteiger partial charge in [0.1, 0.15) is 0 Å². The number of carbonyl (C=O) groups excluding carboxylic acids is 1. The van der Waals surface area contributed by atoms with Crippen LogP contribution in [0, 0.1) is 13.8 Å². The van der Waals surface area contributed by atoms with Crippen LogP contribution in [0.1, 0.15) is 40.9 Å². The van der Waals surface area contributed by atoms with Crippen LogP contribution in [0.15, 0.2) is 24.3 Å². The van der Waals surface area contributed by atoms with Gasteiger partial charge in [0.15, 0.2) is 0 Å². The number of hydrogen-bond acceptors (Lipinski definition) is 3. The summed E-state index contributed by atoms with van der Waals surface area (Å²) in [6.45, 7) is 5.97. The summed E-state index contributed by atoms with van der Waals surface area (Å²) in [5, 5.41) is 4.45. The molecule has 3 heterocycles. The second-order valence-corrected chi connectivity index (χ2v) is 6.87. The summed E-state index contributed by atoms with van der Waals surface area (Å²) in [7, 11) is 0. The average molecular weight is 309 g/mol. The third-order valence-corrected chi connectivity index (χ3v) is 5.29. The first-order valence-corrected chi connectivity index (χ1v) is 8.55. The van der Waals surface area contributed by atoms with Crippen molar-refractivity contribution in [2.75, 3.05) is 13.1 Å². The van der Waals surface area contributed by atoms with Crippen LogP contribution in [0.5, 0.6) is 0 Å². The van der Waals surface area contributed by atoms with Gasteiger partial charge in [-0.3, -0.25) is 9.78 Å². The standard InChI is InChI=1S/C19H23N3O/c1-12-4-3-5-16-17(10-13(2)21-18(12)16)19(23)22-14-6-7-15(22)11-20-9-8-14/h3-5,10,14-15,20H,6-9,11H2,1-2H3/t14-,15+/m0/s1. The van der Waals surface area contributed by atoms with Crippen molar-refractivity contribution >= 4 is 16.8 Å². The maximum atomic E-state index is 13.4. The van der Waals surface area contributed by atoms with E-state index in [0.717, 1.165) is 60.1 Å². The Labute approximate surface area is 136 Å². The molecule has 0 spiro atoms. The van der Waals surface area contributed by atoms with Gasteiger partial charge in [0.2, 0.25) is 0 Å². The number of para-hydroxylation sites is 1. The number of aromatic nitrogens is 1. The largest absolute Gasteiger partial charge is 0.331 e. The smallest absolute Gasteiger partial charge is 0.255 e. The third-order valence-electron chi connectivity index (χ3n) is 5.29. The molecule has 2 fully saturated rings. The number of rotatable bonds is 1. The normalized spacial score (nSPS) is 24.0. The molecule has 2 aliphatic rings. The molecule has 4 nitrogen and oxygen atoms in total. The van der Waals surface area contributed by atoms with E-state index < -0.39 is 0 Å². The Kier molecular flexibility index (Phi) is 3.57. The molecule has 1 N–H and O–H groups in total. The average Bonchev–Trinajstić information content (AvgIpc) is 2.80. The first kappa shape index (κ1) is 14.6. The Morgan fingerprint density at radius 3 is 2.91 bits per heavy atom. The van der Waals surface area contributed by atoms with E-state index in [0.29, 0.717) is 12.1 Å². The quantitative estimate of drug-likeness (QED) is 0.881. The van der Waals surface area contributed by atoms with Gasteiger partial charge in [-0.05, 0) is 51.3 Å². The minimum Gasteiger partial charge on any atom is -0.331 e. The highest BCUT2D eigenvalue weighted by molar-refractivity contribution is 6.07. The van der Waals surface area contributed by atoms with Crippen molar-refractivity contribution in [3.05, 3.63) is 41.1 Å².